The molecular weight excluding hydrogens is 243 g/mol. The fraction of sp³-hybridized carbons (Fsp3) is 0.429. The molecule has 2 saturated heterocycles. The number of aromatic amines is 1. The van der Waals surface area contributed by atoms with Crippen molar-refractivity contribution in [1.29, 1.82) is 0 Å². The number of aromatic nitrogens is 3. The molecule has 5 heteroatoms. The van der Waals surface area contributed by atoms with E-state index in [1.54, 1.807) is 12.4 Å². The zero-order valence-electron chi connectivity index (χ0n) is 10.4. The first kappa shape index (κ1) is 11.1. The molecule has 2 N–H and O–H groups in total. The Morgan fingerprint density at radius 2 is 2.16 bits per heavy atom. The Kier molecular flexibility index (Phi) is 2.41. The molecule has 0 aliphatic carbocycles. The van der Waals surface area contributed by atoms with Gasteiger partial charge in [0.25, 0.3) is 0 Å². The number of fused-ring (bicyclic) bond motifs is 2. The Bertz CT molecular complexity index is 609. The van der Waals surface area contributed by atoms with Gasteiger partial charge in [0.05, 0.1) is 18.1 Å². The van der Waals surface area contributed by atoms with Crippen LogP contribution in [0.25, 0.3) is 11.3 Å². The number of halogens is 1. The lowest BCUT2D eigenvalue weighted by atomic mass is 9.89. The van der Waals surface area contributed by atoms with Gasteiger partial charge in [0, 0.05) is 29.8 Å². The summed E-state index contributed by atoms with van der Waals surface area (Å²) in [7, 11) is 0. The summed E-state index contributed by atoms with van der Waals surface area (Å²) in [6.07, 6.45) is 8.30. The largest absolute Gasteiger partial charge is 0.342 e. The standard InChI is InChI=1S/C14H15FN4/c15-9-3-8(5-16-6-9)13-7-17-14(19-13)11-4-10-1-2-12(11)18-10/h3,5-7,10-12,18H,1-2,4H2,(H,17,19). The first-order valence-electron chi connectivity index (χ1n) is 6.71. The zero-order valence-corrected chi connectivity index (χ0v) is 10.4. The van der Waals surface area contributed by atoms with Gasteiger partial charge < -0.3 is 10.3 Å². The summed E-state index contributed by atoms with van der Waals surface area (Å²) >= 11 is 0. The van der Waals surface area contributed by atoms with E-state index in [1.807, 2.05) is 0 Å². The Morgan fingerprint density at radius 1 is 1.21 bits per heavy atom. The maximum absolute atomic E-state index is 13.2. The second-order valence-electron chi connectivity index (χ2n) is 5.46. The molecule has 3 atom stereocenters. The molecule has 2 bridgehead atoms. The van der Waals surface area contributed by atoms with E-state index in [9.17, 15) is 4.39 Å². The summed E-state index contributed by atoms with van der Waals surface area (Å²) in [5.41, 5.74) is 1.58. The minimum atomic E-state index is -0.324. The molecule has 0 spiro atoms. The van der Waals surface area contributed by atoms with Gasteiger partial charge >= 0.3 is 0 Å². The monoisotopic (exact) mass is 258 g/mol. The maximum Gasteiger partial charge on any atom is 0.142 e. The number of hydrogen-bond acceptors (Lipinski definition) is 3. The lowest BCUT2D eigenvalue weighted by Crippen LogP contribution is -2.22. The van der Waals surface area contributed by atoms with Crippen molar-refractivity contribution < 1.29 is 4.39 Å². The van der Waals surface area contributed by atoms with E-state index in [4.69, 9.17) is 0 Å². The summed E-state index contributed by atoms with van der Waals surface area (Å²) in [5, 5.41) is 3.60. The van der Waals surface area contributed by atoms with Crippen LogP contribution in [0.2, 0.25) is 0 Å². The van der Waals surface area contributed by atoms with Crippen molar-refractivity contribution in [1.82, 2.24) is 20.3 Å². The van der Waals surface area contributed by atoms with E-state index in [-0.39, 0.29) is 5.82 Å². The maximum atomic E-state index is 13.2. The number of hydrogen-bond donors (Lipinski definition) is 2. The molecule has 2 aliphatic heterocycles. The second kappa shape index (κ2) is 4.13. The van der Waals surface area contributed by atoms with Crippen LogP contribution in [0.1, 0.15) is 31.0 Å². The fourth-order valence-electron chi connectivity index (χ4n) is 3.36. The molecule has 2 aromatic heterocycles. The SMILES string of the molecule is Fc1cncc(-c2cnc(C3CC4CCC3N4)[nH]2)c1. The molecule has 2 aromatic rings. The molecule has 4 nitrogen and oxygen atoms in total. The smallest absolute Gasteiger partial charge is 0.142 e. The first-order valence-corrected chi connectivity index (χ1v) is 6.71. The number of nitrogens with one attached hydrogen (secondary N) is 2. The third-order valence-corrected chi connectivity index (χ3v) is 4.26. The van der Waals surface area contributed by atoms with Gasteiger partial charge in [0.2, 0.25) is 0 Å². The third-order valence-electron chi connectivity index (χ3n) is 4.26. The van der Waals surface area contributed by atoms with Crippen LogP contribution in [-0.4, -0.2) is 27.0 Å². The fourth-order valence-corrected chi connectivity index (χ4v) is 3.36. The summed E-state index contributed by atoms with van der Waals surface area (Å²) in [6.45, 7) is 0. The Morgan fingerprint density at radius 3 is 2.89 bits per heavy atom. The lowest BCUT2D eigenvalue weighted by Gasteiger charge is -2.17. The molecule has 4 heterocycles. The Balaban J connectivity index is 1.63. The highest BCUT2D eigenvalue weighted by molar-refractivity contribution is 5.57. The Hall–Kier alpha value is -1.75. The predicted octanol–water partition coefficient (Wildman–Crippen LogP) is 2.22. The van der Waals surface area contributed by atoms with E-state index < -0.39 is 0 Å². The van der Waals surface area contributed by atoms with E-state index in [0.717, 1.165) is 23.5 Å². The molecule has 2 fully saturated rings. The number of nitrogens with zero attached hydrogens (tertiary/aromatic N) is 2. The number of H-pyrrole nitrogens is 1. The summed E-state index contributed by atoms with van der Waals surface area (Å²) in [5.74, 6) is 1.16. The molecule has 4 rings (SSSR count). The zero-order chi connectivity index (χ0) is 12.8. The number of pyridine rings is 1. The lowest BCUT2D eigenvalue weighted by molar-refractivity contribution is 0.490. The van der Waals surface area contributed by atoms with Crippen LogP contribution < -0.4 is 5.32 Å². The van der Waals surface area contributed by atoms with Crippen LogP contribution in [0, 0.1) is 5.82 Å². The Labute approximate surface area is 110 Å². The molecule has 3 unspecified atom stereocenters. The molecular formula is C14H15FN4. The highest BCUT2D eigenvalue weighted by Crippen LogP contribution is 2.39. The van der Waals surface area contributed by atoms with Crippen molar-refractivity contribution in [2.45, 2.75) is 37.3 Å². The molecule has 0 saturated carbocycles. The molecule has 98 valence electrons. The molecule has 19 heavy (non-hydrogen) atoms. The van der Waals surface area contributed by atoms with Gasteiger partial charge in [-0.2, -0.15) is 0 Å². The average molecular weight is 258 g/mol. The first-order chi connectivity index (χ1) is 9.29. The van der Waals surface area contributed by atoms with E-state index in [1.165, 1.54) is 25.1 Å². The molecule has 0 aromatic carbocycles. The topological polar surface area (TPSA) is 53.6 Å². The van der Waals surface area contributed by atoms with Crippen molar-refractivity contribution in [2.24, 2.45) is 0 Å². The van der Waals surface area contributed by atoms with E-state index in [2.05, 4.69) is 20.3 Å². The van der Waals surface area contributed by atoms with Crippen LogP contribution in [0.5, 0.6) is 0 Å². The van der Waals surface area contributed by atoms with E-state index >= 15 is 0 Å². The normalized spacial score (nSPS) is 29.0. The van der Waals surface area contributed by atoms with Gasteiger partial charge in [-0.15, -0.1) is 0 Å². The van der Waals surface area contributed by atoms with Crippen molar-refractivity contribution in [3.8, 4) is 11.3 Å². The van der Waals surface area contributed by atoms with Crippen molar-refractivity contribution >= 4 is 0 Å². The second-order valence-corrected chi connectivity index (χ2v) is 5.46. The van der Waals surface area contributed by atoms with Gasteiger partial charge in [-0.05, 0) is 25.3 Å². The summed E-state index contributed by atoms with van der Waals surface area (Å²) in [6, 6.07) is 2.68. The quantitative estimate of drug-likeness (QED) is 0.868. The van der Waals surface area contributed by atoms with Gasteiger partial charge in [-0.25, -0.2) is 9.37 Å². The highest BCUT2D eigenvalue weighted by atomic mass is 19.1. The minimum Gasteiger partial charge on any atom is -0.342 e. The van der Waals surface area contributed by atoms with E-state index in [0.29, 0.717) is 18.0 Å². The van der Waals surface area contributed by atoms with Gasteiger partial charge in [-0.1, -0.05) is 0 Å². The van der Waals surface area contributed by atoms with Gasteiger partial charge in [-0.3, -0.25) is 4.98 Å². The number of imidazole rings is 1. The van der Waals surface area contributed by atoms with Crippen molar-refractivity contribution in [3.63, 3.8) is 0 Å². The average Bonchev–Trinajstić information content (AvgIpc) is 3.14. The summed E-state index contributed by atoms with van der Waals surface area (Å²) < 4.78 is 13.2. The van der Waals surface area contributed by atoms with Gasteiger partial charge in [0.1, 0.15) is 11.6 Å². The van der Waals surface area contributed by atoms with Crippen LogP contribution >= 0.6 is 0 Å². The third kappa shape index (κ3) is 1.85. The number of rotatable bonds is 2. The van der Waals surface area contributed by atoms with Crippen LogP contribution in [0.15, 0.2) is 24.7 Å². The van der Waals surface area contributed by atoms with Crippen LogP contribution in [-0.2, 0) is 0 Å². The predicted molar refractivity (Wildman–Crippen MR) is 69.1 cm³/mol. The summed E-state index contributed by atoms with van der Waals surface area (Å²) in [4.78, 5) is 11.7. The van der Waals surface area contributed by atoms with Gasteiger partial charge in [0.15, 0.2) is 0 Å². The van der Waals surface area contributed by atoms with Crippen LogP contribution in [0.4, 0.5) is 4.39 Å². The molecule has 2 aliphatic rings. The molecule has 0 amide bonds. The van der Waals surface area contributed by atoms with Crippen molar-refractivity contribution in [2.75, 3.05) is 0 Å². The van der Waals surface area contributed by atoms with Crippen LogP contribution in [0.3, 0.4) is 0 Å². The minimum absolute atomic E-state index is 0.324. The molecule has 0 radical (unpaired) electrons. The highest BCUT2D eigenvalue weighted by Gasteiger charge is 2.41. The van der Waals surface area contributed by atoms with Crippen molar-refractivity contribution in [3.05, 3.63) is 36.3 Å².